The Morgan fingerprint density at radius 3 is 2.33 bits per heavy atom. The second-order valence-electron chi connectivity index (χ2n) is 3.73. The minimum absolute atomic E-state index is 0.0619. The minimum Gasteiger partial charge on any atom is -0.385 e. The van der Waals surface area contributed by atoms with Crippen LogP contribution in [-0.4, -0.2) is 19.5 Å². The average molecular weight is 206 g/mol. The molecule has 82 valence electrons. The van der Waals surface area contributed by atoms with Crippen LogP contribution in [0.2, 0.25) is 0 Å². The molecule has 15 heavy (non-hydrogen) atoms. The van der Waals surface area contributed by atoms with Crippen LogP contribution >= 0.6 is 0 Å². The zero-order valence-corrected chi connectivity index (χ0v) is 9.55. The largest absolute Gasteiger partial charge is 0.385 e. The number of hydrogen-bond acceptors (Lipinski definition) is 2. The first-order valence-corrected chi connectivity index (χ1v) is 5.14. The maximum Gasteiger partial charge on any atom is 0.221 e. The van der Waals surface area contributed by atoms with E-state index in [1.807, 2.05) is 0 Å². The Bertz CT molecular complexity index is 327. The van der Waals surface area contributed by atoms with Gasteiger partial charge < -0.3 is 10.6 Å². The van der Waals surface area contributed by atoms with E-state index in [-0.39, 0.29) is 5.91 Å². The maximum atomic E-state index is 11.0. The van der Waals surface area contributed by atoms with Gasteiger partial charge in [-0.05, 0) is 37.1 Å². The second kappa shape index (κ2) is 5.39. The molecule has 0 aliphatic carbocycles. The van der Waals surface area contributed by atoms with Gasteiger partial charge in [0.15, 0.2) is 0 Å². The van der Waals surface area contributed by atoms with Crippen LogP contribution < -0.4 is 10.6 Å². The predicted octanol–water partition coefficient (Wildman–Crippen LogP) is 1.85. The molecular formula is C12H18N2O. The lowest BCUT2D eigenvalue weighted by atomic mass is 10.1. The third-order valence-corrected chi connectivity index (χ3v) is 2.18. The fraction of sp³-hybridized carbons (Fsp3) is 0.417. The van der Waals surface area contributed by atoms with Gasteiger partial charge in [-0.1, -0.05) is 6.07 Å². The van der Waals surface area contributed by atoms with Crippen LogP contribution in [0, 0.1) is 13.8 Å². The lowest BCUT2D eigenvalue weighted by Gasteiger charge is -2.07. The molecule has 3 heteroatoms. The zero-order valence-electron chi connectivity index (χ0n) is 9.55. The number of carbonyl (C=O) groups excluding carboxylic acids is 1. The van der Waals surface area contributed by atoms with Crippen molar-refractivity contribution in [3.05, 3.63) is 29.3 Å². The topological polar surface area (TPSA) is 41.1 Å². The number of carbonyl (C=O) groups is 1. The molecule has 1 aromatic carbocycles. The highest BCUT2D eigenvalue weighted by Crippen LogP contribution is 2.13. The Hall–Kier alpha value is -1.51. The van der Waals surface area contributed by atoms with Gasteiger partial charge in [-0.25, -0.2) is 0 Å². The van der Waals surface area contributed by atoms with Crippen LogP contribution in [0.3, 0.4) is 0 Å². The van der Waals surface area contributed by atoms with Crippen LogP contribution in [-0.2, 0) is 4.79 Å². The summed E-state index contributed by atoms with van der Waals surface area (Å²) in [6.07, 6.45) is 0.503. The quantitative estimate of drug-likeness (QED) is 0.789. The smallest absolute Gasteiger partial charge is 0.221 e. The minimum atomic E-state index is 0.0619. The standard InChI is InChI=1S/C12H18N2O/c1-9-6-10(2)8-11(7-9)14-5-4-12(15)13-3/h6-8,14H,4-5H2,1-3H3,(H,13,15). The Balaban J connectivity index is 2.47. The molecule has 0 saturated carbocycles. The van der Waals surface area contributed by atoms with Crippen molar-refractivity contribution < 1.29 is 4.79 Å². The van der Waals surface area contributed by atoms with Gasteiger partial charge >= 0.3 is 0 Å². The van der Waals surface area contributed by atoms with E-state index in [1.165, 1.54) is 11.1 Å². The van der Waals surface area contributed by atoms with Crippen molar-refractivity contribution in [2.45, 2.75) is 20.3 Å². The number of rotatable bonds is 4. The first-order valence-electron chi connectivity index (χ1n) is 5.14. The fourth-order valence-electron chi connectivity index (χ4n) is 1.52. The molecule has 0 aliphatic rings. The molecule has 2 N–H and O–H groups in total. The van der Waals surface area contributed by atoms with E-state index >= 15 is 0 Å². The van der Waals surface area contributed by atoms with Gasteiger partial charge in [0.25, 0.3) is 0 Å². The van der Waals surface area contributed by atoms with Crippen molar-refractivity contribution >= 4 is 11.6 Å². The highest BCUT2D eigenvalue weighted by molar-refractivity contribution is 5.76. The monoisotopic (exact) mass is 206 g/mol. The van der Waals surface area contributed by atoms with Gasteiger partial charge in [0, 0.05) is 25.7 Å². The van der Waals surface area contributed by atoms with E-state index < -0.39 is 0 Å². The number of amides is 1. The zero-order chi connectivity index (χ0) is 11.3. The summed E-state index contributed by atoms with van der Waals surface area (Å²) in [5.74, 6) is 0.0619. The number of benzene rings is 1. The highest BCUT2D eigenvalue weighted by atomic mass is 16.1. The molecule has 0 atom stereocenters. The summed E-state index contributed by atoms with van der Waals surface area (Å²) in [4.78, 5) is 11.0. The summed E-state index contributed by atoms with van der Waals surface area (Å²) in [5.41, 5.74) is 3.55. The van der Waals surface area contributed by atoms with Crippen LogP contribution in [0.15, 0.2) is 18.2 Å². The van der Waals surface area contributed by atoms with Crippen LogP contribution in [0.5, 0.6) is 0 Å². The Kier molecular flexibility index (Phi) is 4.16. The third kappa shape index (κ3) is 4.02. The summed E-state index contributed by atoms with van der Waals surface area (Å²) in [6, 6.07) is 6.29. The first-order chi connectivity index (χ1) is 7.11. The molecule has 0 aliphatic heterocycles. The normalized spacial score (nSPS) is 9.80. The van der Waals surface area contributed by atoms with Gasteiger partial charge in [-0.2, -0.15) is 0 Å². The predicted molar refractivity (Wildman–Crippen MR) is 63.1 cm³/mol. The van der Waals surface area contributed by atoms with E-state index in [2.05, 4.69) is 42.7 Å². The molecule has 3 nitrogen and oxygen atoms in total. The van der Waals surface area contributed by atoms with Crippen molar-refractivity contribution in [3.8, 4) is 0 Å². The molecule has 0 unspecified atom stereocenters. The van der Waals surface area contributed by atoms with Gasteiger partial charge in [0.05, 0.1) is 0 Å². The molecule has 0 spiro atoms. The van der Waals surface area contributed by atoms with Crippen LogP contribution in [0.4, 0.5) is 5.69 Å². The van der Waals surface area contributed by atoms with Crippen molar-refractivity contribution in [2.75, 3.05) is 18.9 Å². The van der Waals surface area contributed by atoms with Crippen molar-refractivity contribution in [1.29, 1.82) is 0 Å². The van der Waals surface area contributed by atoms with Gasteiger partial charge in [0.1, 0.15) is 0 Å². The average Bonchev–Trinajstić information content (AvgIpc) is 2.16. The fourth-order valence-corrected chi connectivity index (χ4v) is 1.52. The molecule has 0 heterocycles. The molecule has 0 fully saturated rings. The number of aryl methyl sites for hydroxylation is 2. The van der Waals surface area contributed by atoms with E-state index in [0.717, 1.165) is 5.69 Å². The molecule has 1 aromatic rings. The molecule has 0 radical (unpaired) electrons. The van der Waals surface area contributed by atoms with Gasteiger partial charge in [0.2, 0.25) is 5.91 Å². The summed E-state index contributed by atoms with van der Waals surface area (Å²) in [6.45, 7) is 4.80. The molecule has 0 bridgehead atoms. The SMILES string of the molecule is CNC(=O)CCNc1cc(C)cc(C)c1. The van der Waals surface area contributed by atoms with Gasteiger partial charge in [-0.15, -0.1) is 0 Å². The van der Waals surface area contributed by atoms with E-state index in [4.69, 9.17) is 0 Å². The van der Waals surface area contributed by atoms with E-state index in [9.17, 15) is 4.79 Å². The molecule has 0 aromatic heterocycles. The van der Waals surface area contributed by atoms with E-state index in [0.29, 0.717) is 13.0 Å². The second-order valence-corrected chi connectivity index (χ2v) is 3.73. The van der Waals surface area contributed by atoms with Crippen LogP contribution in [0.25, 0.3) is 0 Å². The summed E-state index contributed by atoms with van der Waals surface area (Å²) in [5, 5.41) is 5.83. The van der Waals surface area contributed by atoms with Crippen molar-refractivity contribution in [3.63, 3.8) is 0 Å². The number of anilines is 1. The maximum absolute atomic E-state index is 11.0. The molecule has 0 saturated heterocycles. The summed E-state index contributed by atoms with van der Waals surface area (Å²) in [7, 11) is 1.65. The molecular weight excluding hydrogens is 188 g/mol. The lowest BCUT2D eigenvalue weighted by molar-refractivity contribution is -0.120. The Labute approximate surface area is 90.9 Å². The first kappa shape index (κ1) is 11.6. The van der Waals surface area contributed by atoms with Gasteiger partial charge in [-0.3, -0.25) is 4.79 Å². The summed E-state index contributed by atoms with van der Waals surface area (Å²) >= 11 is 0. The third-order valence-electron chi connectivity index (χ3n) is 2.18. The van der Waals surface area contributed by atoms with Crippen molar-refractivity contribution in [1.82, 2.24) is 5.32 Å². The number of hydrogen-bond donors (Lipinski definition) is 2. The molecule has 1 rings (SSSR count). The van der Waals surface area contributed by atoms with E-state index in [1.54, 1.807) is 7.05 Å². The molecule has 1 amide bonds. The Morgan fingerprint density at radius 2 is 1.80 bits per heavy atom. The summed E-state index contributed by atoms with van der Waals surface area (Å²) < 4.78 is 0. The number of nitrogens with one attached hydrogen (secondary N) is 2. The lowest BCUT2D eigenvalue weighted by Crippen LogP contribution is -2.20. The highest BCUT2D eigenvalue weighted by Gasteiger charge is 1.98. The Morgan fingerprint density at radius 1 is 1.20 bits per heavy atom. The van der Waals surface area contributed by atoms with Crippen LogP contribution in [0.1, 0.15) is 17.5 Å². The van der Waals surface area contributed by atoms with Crippen molar-refractivity contribution in [2.24, 2.45) is 0 Å².